The van der Waals surface area contributed by atoms with Gasteiger partial charge in [-0.05, 0) is 37.5 Å². The molecular weight excluding hydrogens is 334 g/mol. The van der Waals surface area contributed by atoms with Crippen LogP contribution >= 0.6 is 11.8 Å². The maximum atomic E-state index is 12.3. The van der Waals surface area contributed by atoms with Crippen molar-refractivity contribution in [1.82, 2.24) is 19.6 Å². The van der Waals surface area contributed by atoms with Gasteiger partial charge in [-0.15, -0.1) is 10.2 Å². The molecule has 0 bridgehead atoms. The molecule has 0 aliphatic rings. The van der Waals surface area contributed by atoms with Crippen molar-refractivity contribution in [3.05, 3.63) is 47.4 Å². The van der Waals surface area contributed by atoms with Crippen LogP contribution in [-0.4, -0.2) is 31.2 Å². The number of benzene rings is 1. The molecule has 0 aliphatic heterocycles. The molecule has 0 spiro atoms. The predicted molar refractivity (Wildman–Crippen MR) is 100 cm³/mol. The van der Waals surface area contributed by atoms with E-state index in [1.165, 1.54) is 17.3 Å². The molecular formula is C18H21N5OS. The topological polar surface area (TPSA) is 72.2 Å². The van der Waals surface area contributed by atoms with Gasteiger partial charge in [-0.2, -0.15) is 0 Å². The van der Waals surface area contributed by atoms with Gasteiger partial charge in [0.05, 0.1) is 5.75 Å². The summed E-state index contributed by atoms with van der Waals surface area (Å²) in [5.41, 5.74) is 3.66. The fourth-order valence-electron chi connectivity index (χ4n) is 2.60. The van der Waals surface area contributed by atoms with Gasteiger partial charge in [-0.25, -0.2) is 4.98 Å². The van der Waals surface area contributed by atoms with Crippen molar-refractivity contribution in [2.45, 2.75) is 38.8 Å². The minimum absolute atomic E-state index is 0.0691. The molecule has 3 aromatic rings. The summed E-state index contributed by atoms with van der Waals surface area (Å²) in [7, 11) is 0. The summed E-state index contributed by atoms with van der Waals surface area (Å²) in [5.74, 6) is 1.43. The minimum Gasteiger partial charge on any atom is -0.325 e. The fourth-order valence-corrected chi connectivity index (χ4v) is 3.39. The highest BCUT2D eigenvalue weighted by Gasteiger charge is 2.12. The van der Waals surface area contributed by atoms with Gasteiger partial charge in [0.15, 0.2) is 10.8 Å². The summed E-state index contributed by atoms with van der Waals surface area (Å²) in [4.78, 5) is 16.7. The van der Waals surface area contributed by atoms with Crippen molar-refractivity contribution >= 4 is 29.0 Å². The van der Waals surface area contributed by atoms with E-state index in [2.05, 4.69) is 40.4 Å². The second-order valence-corrected chi connectivity index (χ2v) is 7.18. The molecule has 0 saturated carbocycles. The number of amides is 1. The van der Waals surface area contributed by atoms with Crippen molar-refractivity contribution in [1.29, 1.82) is 0 Å². The normalized spacial score (nSPS) is 11.2. The third-order valence-electron chi connectivity index (χ3n) is 3.83. The van der Waals surface area contributed by atoms with E-state index in [-0.39, 0.29) is 11.7 Å². The quantitative estimate of drug-likeness (QED) is 0.708. The first kappa shape index (κ1) is 17.4. The van der Waals surface area contributed by atoms with Crippen molar-refractivity contribution in [2.24, 2.45) is 0 Å². The Morgan fingerprint density at radius 1 is 1.24 bits per heavy atom. The van der Waals surface area contributed by atoms with E-state index < -0.39 is 0 Å². The Labute approximate surface area is 151 Å². The fraction of sp³-hybridized carbons (Fsp3) is 0.333. The van der Waals surface area contributed by atoms with E-state index >= 15 is 0 Å². The molecule has 6 nitrogen and oxygen atoms in total. The molecule has 2 heterocycles. The molecule has 130 valence electrons. The Morgan fingerprint density at radius 3 is 2.80 bits per heavy atom. The molecule has 0 unspecified atom stereocenters. The molecule has 0 saturated heterocycles. The third kappa shape index (κ3) is 3.99. The number of aryl methyl sites for hydroxylation is 2. The van der Waals surface area contributed by atoms with E-state index in [0.29, 0.717) is 11.1 Å². The first-order valence-corrected chi connectivity index (χ1v) is 9.14. The Bertz CT molecular complexity index is 919. The van der Waals surface area contributed by atoms with E-state index in [1.54, 1.807) is 0 Å². The lowest BCUT2D eigenvalue weighted by molar-refractivity contribution is -0.113. The van der Waals surface area contributed by atoms with Crippen LogP contribution in [0.3, 0.4) is 0 Å². The molecule has 7 heteroatoms. The maximum Gasteiger partial charge on any atom is 0.234 e. The monoisotopic (exact) mass is 355 g/mol. The van der Waals surface area contributed by atoms with Gasteiger partial charge in [-0.1, -0.05) is 37.7 Å². The number of rotatable bonds is 5. The molecule has 3 rings (SSSR count). The van der Waals surface area contributed by atoms with Gasteiger partial charge in [0.25, 0.3) is 0 Å². The van der Waals surface area contributed by atoms with Gasteiger partial charge >= 0.3 is 0 Å². The number of aromatic nitrogens is 4. The van der Waals surface area contributed by atoms with Crippen molar-refractivity contribution in [3.63, 3.8) is 0 Å². The molecule has 0 fully saturated rings. The van der Waals surface area contributed by atoms with E-state index in [4.69, 9.17) is 0 Å². The molecule has 1 aromatic carbocycles. The van der Waals surface area contributed by atoms with Crippen LogP contribution in [-0.2, 0) is 4.79 Å². The zero-order valence-electron chi connectivity index (χ0n) is 14.8. The van der Waals surface area contributed by atoms with Gasteiger partial charge in [-0.3, -0.25) is 9.20 Å². The highest BCUT2D eigenvalue weighted by atomic mass is 32.2. The Kier molecular flexibility index (Phi) is 5.03. The zero-order valence-corrected chi connectivity index (χ0v) is 15.6. The molecule has 0 radical (unpaired) electrons. The van der Waals surface area contributed by atoms with Crippen LogP contribution < -0.4 is 5.32 Å². The van der Waals surface area contributed by atoms with Crippen LogP contribution in [0.1, 0.15) is 36.8 Å². The van der Waals surface area contributed by atoms with Crippen LogP contribution in [0.4, 0.5) is 5.69 Å². The summed E-state index contributed by atoms with van der Waals surface area (Å²) < 4.78 is 1.87. The summed E-state index contributed by atoms with van der Waals surface area (Å²) in [6.07, 6.45) is 0. The number of carbonyl (C=O) groups excluding carboxylic acids is 1. The molecule has 1 N–H and O–H groups in total. The molecule has 1 amide bonds. The van der Waals surface area contributed by atoms with Crippen molar-refractivity contribution in [3.8, 4) is 0 Å². The summed E-state index contributed by atoms with van der Waals surface area (Å²) in [6.45, 7) is 8.09. The molecule has 0 atom stereocenters. The highest BCUT2D eigenvalue weighted by Crippen LogP contribution is 2.21. The van der Waals surface area contributed by atoms with E-state index in [1.807, 2.05) is 42.5 Å². The number of anilines is 1. The number of fused-ring (bicyclic) bond motifs is 1. The van der Waals surface area contributed by atoms with Crippen molar-refractivity contribution in [2.75, 3.05) is 11.1 Å². The number of thioether (sulfide) groups is 1. The lowest BCUT2D eigenvalue weighted by Crippen LogP contribution is -2.14. The largest absolute Gasteiger partial charge is 0.325 e. The van der Waals surface area contributed by atoms with Crippen LogP contribution in [0.5, 0.6) is 0 Å². The van der Waals surface area contributed by atoms with Crippen molar-refractivity contribution < 1.29 is 4.79 Å². The van der Waals surface area contributed by atoms with E-state index in [9.17, 15) is 4.79 Å². The second kappa shape index (κ2) is 7.23. The number of hydrogen-bond acceptors (Lipinski definition) is 5. The van der Waals surface area contributed by atoms with Crippen LogP contribution in [0.2, 0.25) is 0 Å². The maximum absolute atomic E-state index is 12.3. The van der Waals surface area contributed by atoms with Gasteiger partial charge in [0.2, 0.25) is 5.91 Å². The van der Waals surface area contributed by atoms with Gasteiger partial charge in [0, 0.05) is 17.4 Å². The second-order valence-electron chi connectivity index (χ2n) is 6.24. The lowest BCUT2D eigenvalue weighted by atomic mass is 10.0. The van der Waals surface area contributed by atoms with E-state index in [0.717, 1.165) is 22.9 Å². The summed E-state index contributed by atoms with van der Waals surface area (Å²) in [6, 6.07) is 9.81. The highest BCUT2D eigenvalue weighted by molar-refractivity contribution is 7.99. The Morgan fingerprint density at radius 2 is 2.04 bits per heavy atom. The first-order chi connectivity index (χ1) is 11.9. The minimum atomic E-state index is -0.0691. The van der Waals surface area contributed by atoms with Crippen LogP contribution in [0, 0.1) is 13.8 Å². The SMILES string of the molecule is Cc1cc2nnc(SCC(=O)Nc3cccc(C(C)C)c3)n2c(C)n1. The number of nitrogens with zero attached hydrogens (tertiary/aromatic N) is 4. The number of nitrogens with one attached hydrogen (secondary N) is 1. The number of hydrogen-bond donors (Lipinski definition) is 1. The summed E-state index contributed by atoms with van der Waals surface area (Å²) in [5, 5.41) is 11.9. The average Bonchev–Trinajstić information content (AvgIpc) is 2.96. The molecule has 2 aromatic heterocycles. The number of carbonyl (C=O) groups is 1. The third-order valence-corrected chi connectivity index (χ3v) is 4.76. The average molecular weight is 355 g/mol. The Hall–Kier alpha value is -2.41. The van der Waals surface area contributed by atoms with Gasteiger partial charge in [0.1, 0.15) is 5.82 Å². The predicted octanol–water partition coefficient (Wildman–Crippen LogP) is 3.60. The lowest BCUT2D eigenvalue weighted by Gasteiger charge is -2.09. The first-order valence-electron chi connectivity index (χ1n) is 8.16. The Balaban J connectivity index is 1.68. The van der Waals surface area contributed by atoms with Crippen LogP contribution in [0.15, 0.2) is 35.5 Å². The zero-order chi connectivity index (χ0) is 18.0. The summed E-state index contributed by atoms with van der Waals surface area (Å²) >= 11 is 1.35. The standard InChI is InChI=1S/C18H21N5OS/c1-11(2)14-6-5-7-15(9-14)20-17(24)10-25-18-22-21-16-8-12(3)19-13(4)23(16)18/h5-9,11H,10H2,1-4H3,(H,20,24). The van der Waals surface area contributed by atoms with Crippen LogP contribution in [0.25, 0.3) is 5.65 Å². The molecule has 25 heavy (non-hydrogen) atoms. The molecule has 0 aliphatic carbocycles. The van der Waals surface area contributed by atoms with Gasteiger partial charge < -0.3 is 5.32 Å². The smallest absolute Gasteiger partial charge is 0.234 e.